The minimum absolute atomic E-state index is 0.264. The van der Waals surface area contributed by atoms with Crippen molar-refractivity contribution in [3.8, 4) is 5.95 Å². The van der Waals surface area contributed by atoms with Crippen LogP contribution < -0.4 is 15.5 Å². The van der Waals surface area contributed by atoms with Gasteiger partial charge in [-0.3, -0.25) is 4.79 Å². The van der Waals surface area contributed by atoms with Crippen molar-refractivity contribution < 1.29 is 4.79 Å². The van der Waals surface area contributed by atoms with Crippen molar-refractivity contribution in [1.29, 1.82) is 0 Å². The van der Waals surface area contributed by atoms with Crippen LogP contribution in [0.4, 0.5) is 11.9 Å². The molecule has 0 spiro atoms. The second kappa shape index (κ2) is 5.51. The number of carbonyl (C=O) groups is 1. The molecule has 2 N–H and O–H groups in total. The fraction of sp³-hybridized carbons (Fsp3) is 0.364. The van der Waals surface area contributed by atoms with Gasteiger partial charge in [-0.05, 0) is 6.07 Å². The van der Waals surface area contributed by atoms with E-state index in [1.807, 2.05) is 14.1 Å². The zero-order valence-electron chi connectivity index (χ0n) is 11.7. The summed E-state index contributed by atoms with van der Waals surface area (Å²) in [6.07, 6.45) is 1.62. The van der Waals surface area contributed by atoms with Crippen molar-refractivity contribution in [2.75, 3.05) is 38.4 Å². The molecule has 0 aliphatic carbocycles. The van der Waals surface area contributed by atoms with Gasteiger partial charge in [0.1, 0.15) is 0 Å². The lowest BCUT2D eigenvalue weighted by atomic mass is 10.4. The number of carbonyl (C=O) groups excluding carboxylic acids is 1. The molecule has 0 aliphatic rings. The van der Waals surface area contributed by atoms with Crippen LogP contribution in [0.1, 0.15) is 10.5 Å². The molecule has 0 unspecified atom stereocenters. The molecule has 1 amide bonds. The van der Waals surface area contributed by atoms with Gasteiger partial charge in [-0.25, -0.2) is 4.68 Å². The van der Waals surface area contributed by atoms with E-state index < -0.39 is 0 Å². The summed E-state index contributed by atoms with van der Waals surface area (Å²) >= 11 is 0. The number of aromatic nitrogens is 5. The first-order chi connectivity index (χ1) is 9.55. The van der Waals surface area contributed by atoms with Gasteiger partial charge in [-0.15, -0.1) is 0 Å². The summed E-state index contributed by atoms with van der Waals surface area (Å²) in [7, 11) is 6.93. The van der Waals surface area contributed by atoms with Crippen LogP contribution in [0.2, 0.25) is 0 Å². The Hall–Kier alpha value is -2.71. The third-order valence-corrected chi connectivity index (χ3v) is 2.49. The number of rotatable bonds is 4. The second-order valence-electron chi connectivity index (χ2n) is 4.13. The monoisotopic (exact) mass is 276 g/mol. The lowest BCUT2D eigenvalue weighted by molar-refractivity contribution is 0.0957. The molecule has 2 heterocycles. The Bertz CT molecular complexity index is 621. The molecule has 2 rings (SSSR count). The summed E-state index contributed by atoms with van der Waals surface area (Å²) in [5.41, 5.74) is 0.297. The molecule has 0 atom stereocenters. The maximum atomic E-state index is 11.5. The van der Waals surface area contributed by atoms with Gasteiger partial charge < -0.3 is 15.5 Å². The van der Waals surface area contributed by atoms with E-state index in [0.717, 1.165) is 0 Å². The van der Waals surface area contributed by atoms with Crippen LogP contribution in [0.15, 0.2) is 12.3 Å². The third-order valence-electron chi connectivity index (χ3n) is 2.49. The first kappa shape index (κ1) is 13.7. The van der Waals surface area contributed by atoms with E-state index in [0.29, 0.717) is 23.5 Å². The predicted octanol–water partition coefficient (Wildman–Crippen LogP) is -0.475. The molecule has 0 saturated carbocycles. The van der Waals surface area contributed by atoms with Gasteiger partial charge in [-0.2, -0.15) is 20.1 Å². The zero-order chi connectivity index (χ0) is 14.7. The quantitative estimate of drug-likeness (QED) is 0.778. The van der Waals surface area contributed by atoms with Crippen molar-refractivity contribution in [3.05, 3.63) is 18.0 Å². The molecule has 2 aromatic rings. The average Bonchev–Trinajstić information content (AvgIpc) is 2.95. The number of hydrogen-bond acceptors (Lipinski definition) is 7. The minimum Gasteiger partial charge on any atom is -0.357 e. The maximum Gasteiger partial charge on any atom is 0.271 e. The van der Waals surface area contributed by atoms with Gasteiger partial charge in [0.25, 0.3) is 11.9 Å². The first-order valence-electron chi connectivity index (χ1n) is 5.94. The molecule has 9 heteroatoms. The lowest BCUT2D eigenvalue weighted by Crippen LogP contribution is -2.19. The van der Waals surface area contributed by atoms with Gasteiger partial charge in [-0.1, -0.05) is 0 Å². The molecule has 0 radical (unpaired) electrons. The third kappa shape index (κ3) is 2.66. The van der Waals surface area contributed by atoms with Crippen molar-refractivity contribution in [2.45, 2.75) is 0 Å². The minimum atomic E-state index is -0.264. The fourth-order valence-electron chi connectivity index (χ4n) is 1.45. The van der Waals surface area contributed by atoms with E-state index in [1.54, 1.807) is 31.3 Å². The smallest absolute Gasteiger partial charge is 0.271 e. The van der Waals surface area contributed by atoms with E-state index in [4.69, 9.17) is 0 Å². The van der Waals surface area contributed by atoms with E-state index in [2.05, 4.69) is 30.7 Å². The molecule has 0 aromatic carbocycles. The number of amides is 1. The largest absolute Gasteiger partial charge is 0.357 e. The van der Waals surface area contributed by atoms with Gasteiger partial charge >= 0.3 is 0 Å². The molecule has 0 saturated heterocycles. The van der Waals surface area contributed by atoms with Crippen molar-refractivity contribution in [1.82, 2.24) is 30.0 Å². The Kier molecular flexibility index (Phi) is 3.78. The Morgan fingerprint density at radius 2 is 2.00 bits per heavy atom. The highest BCUT2D eigenvalue weighted by Gasteiger charge is 2.12. The van der Waals surface area contributed by atoms with Gasteiger partial charge in [0.2, 0.25) is 11.9 Å². The van der Waals surface area contributed by atoms with Crippen LogP contribution in [0.5, 0.6) is 0 Å². The van der Waals surface area contributed by atoms with E-state index in [-0.39, 0.29) is 5.91 Å². The molecule has 9 nitrogen and oxygen atoms in total. The van der Waals surface area contributed by atoms with Crippen LogP contribution in [0, 0.1) is 0 Å². The molecule has 20 heavy (non-hydrogen) atoms. The summed E-state index contributed by atoms with van der Waals surface area (Å²) in [6, 6.07) is 1.59. The molecular formula is C11H16N8O. The Morgan fingerprint density at radius 3 is 2.60 bits per heavy atom. The zero-order valence-corrected chi connectivity index (χ0v) is 11.7. The summed E-state index contributed by atoms with van der Waals surface area (Å²) in [5.74, 6) is 0.995. The van der Waals surface area contributed by atoms with Crippen LogP contribution in [0.3, 0.4) is 0 Å². The van der Waals surface area contributed by atoms with Crippen LogP contribution in [0.25, 0.3) is 5.95 Å². The first-order valence-corrected chi connectivity index (χ1v) is 5.94. The summed E-state index contributed by atoms with van der Waals surface area (Å²) in [5, 5.41) is 9.51. The summed E-state index contributed by atoms with van der Waals surface area (Å²) in [6.45, 7) is 0. The summed E-state index contributed by atoms with van der Waals surface area (Å²) in [4.78, 5) is 26.0. The molecule has 2 aromatic heterocycles. The van der Waals surface area contributed by atoms with Crippen LogP contribution in [-0.4, -0.2) is 58.8 Å². The molecular weight excluding hydrogens is 260 g/mol. The topological polar surface area (TPSA) is 101 Å². The molecule has 0 fully saturated rings. The van der Waals surface area contributed by atoms with Gasteiger partial charge in [0.15, 0.2) is 5.69 Å². The molecule has 106 valence electrons. The van der Waals surface area contributed by atoms with Crippen molar-refractivity contribution >= 4 is 17.8 Å². The summed E-state index contributed by atoms with van der Waals surface area (Å²) < 4.78 is 1.43. The maximum absolute atomic E-state index is 11.5. The van der Waals surface area contributed by atoms with Crippen LogP contribution in [-0.2, 0) is 0 Å². The Balaban J connectivity index is 2.43. The second-order valence-corrected chi connectivity index (χ2v) is 4.13. The highest BCUT2D eigenvalue weighted by molar-refractivity contribution is 5.91. The lowest BCUT2D eigenvalue weighted by Gasteiger charge is -2.12. The predicted molar refractivity (Wildman–Crippen MR) is 74.2 cm³/mol. The average molecular weight is 276 g/mol. The van der Waals surface area contributed by atoms with E-state index in [9.17, 15) is 4.79 Å². The van der Waals surface area contributed by atoms with Crippen LogP contribution >= 0.6 is 0 Å². The number of nitrogens with zero attached hydrogens (tertiary/aromatic N) is 6. The Labute approximate surface area is 116 Å². The fourth-order valence-corrected chi connectivity index (χ4v) is 1.45. The van der Waals surface area contributed by atoms with Crippen molar-refractivity contribution in [2.24, 2.45) is 0 Å². The number of anilines is 2. The Morgan fingerprint density at radius 1 is 1.25 bits per heavy atom. The van der Waals surface area contributed by atoms with Gasteiger partial charge in [0.05, 0.1) is 0 Å². The normalized spacial score (nSPS) is 10.2. The van der Waals surface area contributed by atoms with E-state index >= 15 is 0 Å². The van der Waals surface area contributed by atoms with E-state index in [1.165, 1.54) is 4.68 Å². The van der Waals surface area contributed by atoms with Crippen molar-refractivity contribution in [3.63, 3.8) is 0 Å². The number of hydrogen-bond donors (Lipinski definition) is 2. The van der Waals surface area contributed by atoms with Gasteiger partial charge in [0, 0.05) is 34.4 Å². The highest BCUT2D eigenvalue weighted by atomic mass is 16.1. The number of nitrogens with one attached hydrogen (secondary N) is 2. The standard InChI is InChI=1S/C11H16N8O/c1-12-8(20)7-5-6-19(17-7)11-15-9(13-2)14-10(16-11)18(3)4/h5-6H,1-4H3,(H,12,20)(H,13,14,15,16). The molecule has 0 aliphatic heterocycles. The highest BCUT2D eigenvalue weighted by Crippen LogP contribution is 2.11. The SMILES string of the molecule is CNC(=O)c1ccn(-c2nc(NC)nc(N(C)C)n2)n1. The molecule has 0 bridgehead atoms.